The Hall–Kier alpha value is -1.96. The van der Waals surface area contributed by atoms with Crippen LogP contribution < -0.4 is 0 Å². The Balaban J connectivity index is 1.60. The number of hydrogen-bond donors (Lipinski definition) is 1. The van der Waals surface area contributed by atoms with E-state index in [4.69, 9.17) is 9.84 Å². The topological polar surface area (TPSA) is 104 Å². The van der Waals surface area contributed by atoms with Gasteiger partial charge >= 0.3 is 5.97 Å². The van der Waals surface area contributed by atoms with E-state index in [1.54, 1.807) is 0 Å². The van der Waals surface area contributed by atoms with Crippen molar-refractivity contribution in [2.24, 2.45) is 11.8 Å². The molecule has 4 unspecified atom stereocenters. The molecule has 1 N–H and O–H groups in total. The minimum Gasteiger partial charge on any atom is -0.480 e. The number of fused-ring (bicyclic) bond motifs is 5. The summed E-state index contributed by atoms with van der Waals surface area (Å²) in [6, 6.07) is 0. The van der Waals surface area contributed by atoms with Gasteiger partial charge in [-0.2, -0.15) is 0 Å². The molecule has 22 heavy (non-hydrogen) atoms. The summed E-state index contributed by atoms with van der Waals surface area (Å²) in [5, 5.41) is 8.64. The number of imide groups is 1. The zero-order valence-corrected chi connectivity index (χ0v) is 12.2. The van der Waals surface area contributed by atoms with Crippen molar-refractivity contribution in [1.82, 2.24) is 9.80 Å². The molecule has 0 spiro atoms. The molecule has 3 amide bonds. The molecule has 0 aromatic carbocycles. The lowest BCUT2D eigenvalue weighted by atomic mass is 9.81. The van der Waals surface area contributed by atoms with E-state index < -0.39 is 30.3 Å². The first-order chi connectivity index (χ1) is 10.4. The molecule has 3 saturated heterocycles. The normalized spacial score (nSPS) is 32.5. The molecule has 8 heteroatoms. The molecular formula is C14H18N2O6. The van der Waals surface area contributed by atoms with Crippen LogP contribution >= 0.6 is 0 Å². The number of carbonyl (C=O) groups excluding carboxylic acids is 3. The van der Waals surface area contributed by atoms with E-state index in [0.29, 0.717) is 0 Å². The molecule has 0 saturated carbocycles. The van der Waals surface area contributed by atoms with Crippen molar-refractivity contribution in [3.8, 4) is 0 Å². The fourth-order valence-electron chi connectivity index (χ4n) is 3.68. The van der Waals surface area contributed by atoms with Gasteiger partial charge < -0.3 is 14.7 Å². The SMILES string of the molecule is CN(CC(=O)O)C(=O)CCN1C(=O)C2C3CCC(O3)C2C1=O. The second kappa shape index (κ2) is 5.35. The summed E-state index contributed by atoms with van der Waals surface area (Å²) in [4.78, 5) is 49.3. The van der Waals surface area contributed by atoms with Crippen LogP contribution in [0.2, 0.25) is 0 Å². The lowest BCUT2D eigenvalue weighted by molar-refractivity contribution is -0.146. The third-order valence-electron chi connectivity index (χ3n) is 4.72. The highest BCUT2D eigenvalue weighted by molar-refractivity contribution is 6.06. The van der Waals surface area contributed by atoms with Crippen LogP contribution in [-0.4, -0.2) is 70.9 Å². The first-order valence-corrected chi connectivity index (χ1v) is 7.36. The van der Waals surface area contributed by atoms with Gasteiger partial charge in [0.15, 0.2) is 0 Å². The maximum atomic E-state index is 12.4. The smallest absolute Gasteiger partial charge is 0.323 e. The number of likely N-dealkylation sites (tertiary alicyclic amines) is 1. The Bertz CT molecular complexity index is 519. The van der Waals surface area contributed by atoms with E-state index in [1.165, 1.54) is 7.05 Å². The van der Waals surface area contributed by atoms with Gasteiger partial charge in [-0.1, -0.05) is 0 Å². The predicted octanol–water partition coefficient (Wildman–Crippen LogP) is -0.918. The van der Waals surface area contributed by atoms with E-state index >= 15 is 0 Å². The van der Waals surface area contributed by atoms with Gasteiger partial charge in [-0.25, -0.2) is 0 Å². The Labute approximate surface area is 127 Å². The Morgan fingerprint density at radius 2 is 1.77 bits per heavy atom. The standard InChI is InChI=1S/C14H18N2O6/c1-15(6-10(18)19)9(17)4-5-16-13(20)11-7-2-3-8(22-7)12(11)14(16)21/h7-8,11-12H,2-6H2,1H3,(H,18,19). The zero-order chi connectivity index (χ0) is 16.0. The van der Waals surface area contributed by atoms with Crippen molar-refractivity contribution in [2.45, 2.75) is 31.5 Å². The summed E-state index contributed by atoms with van der Waals surface area (Å²) in [7, 11) is 1.38. The van der Waals surface area contributed by atoms with E-state index in [1.807, 2.05) is 0 Å². The highest BCUT2D eigenvalue weighted by Crippen LogP contribution is 2.48. The lowest BCUT2D eigenvalue weighted by Crippen LogP contribution is -2.39. The van der Waals surface area contributed by atoms with Gasteiger partial charge in [-0.15, -0.1) is 0 Å². The number of aliphatic carboxylic acids is 1. The van der Waals surface area contributed by atoms with Gasteiger partial charge in [0.1, 0.15) is 6.54 Å². The molecule has 3 aliphatic heterocycles. The third kappa shape index (κ3) is 2.27. The first kappa shape index (κ1) is 15.0. The number of nitrogens with zero attached hydrogens (tertiary/aromatic N) is 2. The molecule has 0 aliphatic carbocycles. The van der Waals surface area contributed by atoms with Crippen LogP contribution in [0.15, 0.2) is 0 Å². The number of likely N-dealkylation sites (N-methyl/N-ethyl adjacent to an activating group) is 1. The van der Waals surface area contributed by atoms with Gasteiger partial charge in [0.2, 0.25) is 17.7 Å². The molecule has 3 aliphatic rings. The number of carboxylic acids is 1. The largest absolute Gasteiger partial charge is 0.480 e. The predicted molar refractivity (Wildman–Crippen MR) is 71.5 cm³/mol. The fraction of sp³-hybridized carbons (Fsp3) is 0.714. The van der Waals surface area contributed by atoms with E-state index in [2.05, 4.69) is 0 Å². The maximum Gasteiger partial charge on any atom is 0.323 e. The Kier molecular flexibility index (Phi) is 3.64. The first-order valence-electron chi connectivity index (χ1n) is 7.36. The third-order valence-corrected chi connectivity index (χ3v) is 4.72. The van der Waals surface area contributed by atoms with Crippen LogP contribution in [0, 0.1) is 11.8 Å². The second-order valence-corrected chi connectivity index (χ2v) is 6.06. The highest BCUT2D eigenvalue weighted by Gasteiger charge is 2.62. The van der Waals surface area contributed by atoms with Crippen molar-refractivity contribution in [3.63, 3.8) is 0 Å². The van der Waals surface area contributed by atoms with Crippen LogP contribution in [-0.2, 0) is 23.9 Å². The summed E-state index contributed by atoms with van der Waals surface area (Å²) in [5.74, 6) is -2.80. The lowest BCUT2D eigenvalue weighted by Gasteiger charge is -2.19. The molecule has 2 bridgehead atoms. The van der Waals surface area contributed by atoms with Crippen molar-refractivity contribution in [2.75, 3.05) is 20.1 Å². The Morgan fingerprint density at radius 3 is 2.27 bits per heavy atom. The van der Waals surface area contributed by atoms with Crippen LogP contribution in [0.4, 0.5) is 0 Å². The van der Waals surface area contributed by atoms with Crippen molar-refractivity contribution >= 4 is 23.7 Å². The van der Waals surface area contributed by atoms with Crippen LogP contribution in [0.1, 0.15) is 19.3 Å². The molecule has 3 rings (SSSR count). The average molecular weight is 310 g/mol. The number of amides is 3. The van der Waals surface area contributed by atoms with Gasteiger partial charge in [0.05, 0.1) is 24.0 Å². The Morgan fingerprint density at radius 1 is 1.23 bits per heavy atom. The molecule has 4 atom stereocenters. The number of rotatable bonds is 5. The summed E-state index contributed by atoms with van der Waals surface area (Å²) < 4.78 is 5.63. The molecular weight excluding hydrogens is 292 g/mol. The summed E-state index contributed by atoms with van der Waals surface area (Å²) >= 11 is 0. The average Bonchev–Trinajstić information content (AvgIpc) is 3.11. The van der Waals surface area contributed by atoms with Crippen molar-refractivity contribution in [1.29, 1.82) is 0 Å². The van der Waals surface area contributed by atoms with Gasteiger partial charge in [-0.05, 0) is 12.8 Å². The number of hydrogen-bond acceptors (Lipinski definition) is 5. The molecule has 0 aromatic heterocycles. The number of carbonyl (C=O) groups is 4. The minimum absolute atomic E-state index is 0.00684. The fourth-order valence-corrected chi connectivity index (χ4v) is 3.68. The number of ether oxygens (including phenoxy) is 1. The summed E-state index contributed by atoms with van der Waals surface area (Å²) in [6.07, 6.45) is 1.22. The second-order valence-electron chi connectivity index (χ2n) is 6.06. The van der Waals surface area contributed by atoms with Gasteiger partial charge in [0, 0.05) is 20.0 Å². The van der Waals surface area contributed by atoms with Gasteiger partial charge in [-0.3, -0.25) is 24.1 Å². The van der Waals surface area contributed by atoms with E-state index in [0.717, 1.165) is 22.6 Å². The molecule has 120 valence electrons. The van der Waals surface area contributed by atoms with Crippen LogP contribution in [0.5, 0.6) is 0 Å². The molecule has 0 radical (unpaired) electrons. The quantitative estimate of drug-likeness (QED) is 0.659. The molecule has 3 fully saturated rings. The van der Waals surface area contributed by atoms with Crippen molar-refractivity contribution in [3.05, 3.63) is 0 Å². The monoisotopic (exact) mass is 310 g/mol. The van der Waals surface area contributed by atoms with E-state index in [9.17, 15) is 19.2 Å². The minimum atomic E-state index is -1.10. The van der Waals surface area contributed by atoms with Crippen molar-refractivity contribution < 1.29 is 29.0 Å². The molecule has 0 aromatic rings. The summed E-state index contributed by atoms with van der Waals surface area (Å²) in [6.45, 7) is -0.392. The number of carboxylic acid groups (broad SMARTS) is 1. The highest BCUT2D eigenvalue weighted by atomic mass is 16.5. The van der Waals surface area contributed by atoms with Crippen LogP contribution in [0.3, 0.4) is 0 Å². The molecule has 8 nitrogen and oxygen atoms in total. The maximum absolute atomic E-state index is 12.4. The van der Waals surface area contributed by atoms with Crippen LogP contribution in [0.25, 0.3) is 0 Å². The zero-order valence-electron chi connectivity index (χ0n) is 12.2. The molecule has 3 heterocycles. The summed E-state index contributed by atoms with van der Waals surface area (Å²) in [5.41, 5.74) is 0. The van der Waals surface area contributed by atoms with Gasteiger partial charge in [0.25, 0.3) is 0 Å². The van der Waals surface area contributed by atoms with E-state index in [-0.39, 0.29) is 37.0 Å².